The van der Waals surface area contributed by atoms with Crippen molar-refractivity contribution in [1.82, 2.24) is 14.5 Å². The topological polar surface area (TPSA) is 75.4 Å². The van der Waals surface area contributed by atoms with E-state index in [0.717, 1.165) is 11.0 Å². The minimum atomic E-state index is -1.26. The molecule has 1 unspecified atom stereocenters. The highest BCUT2D eigenvalue weighted by Gasteiger charge is 2.37. The summed E-state index contributed by atoms with van der Waals surface area (Å²) < 4.78 is 1.76. The van der Waals surface area contributed by atoms with Crippen molar-refractivity contribution in [3.63, 3.8) is 0 Å². The van der Waals surface area contributed by atoms with E-state index in [0.29, 0.717) is 0 Å². The zero-order valence-electron chi connectivity index (χ0n) is 12.6. The second-order valence-electron chi connectivity index (χ2n) is 5.58. The molecule has 1 atom stereocenters. The molecule has 1 aromatic heterocycles. The van der Waals surface area contributed by atoms with Crippen LogP contribution in [0.4, 0.5) is 0 Å². The molecule has 0 saturated carbocycles. The lowest BCUT2D eigenvalue weighted by molar-refractivity contribution is -0.156. The maximum absolute atomic E-state index is 12.6. The number of likely N-dealkylation sites (N-methyl/N-ethyl adjacent to an activating group) is 1. The maximum atomic E-state index is 12.6. The summed E-state index contributed by atoms with van der Waals surface area (Å²) in [5.41, 5.74) is 0.388. The van der Waals surface area contributed by atoms with Crippen LogP contribution in [0.25, 0.3) is 11.0 Å². The van der Waals surface area contributed by atoms with Crippen LogP contribution in [-0.4, -0.2) is 44.0 Å². The van der Waals surface area contributed by atoms with Crippen molar-refractivity contribution < 1.29 is 14.7 Å². The third-order valence-electron chi connectivity index (χ3n) is 3.95. The number of hydrogen-bond acceptors (Lipinski definition) is 3. The molecule has 1 N–H and O–H groups in total. The Kier molecular flexibility index (Phi) is 3.72. The summed E-state index contributed by atoms with van der Waals surface area (Å²) in [5, 5.41) is 9.23. The molecule has 1 heterocycles. The number of carboxylic acid groups (broad SMARTS) is 1. The molecule has 2 rings (SSSR count). The molecule has 0 aliphatic carbocycles. The van der Waals surface area contributed by atoms with Crippen LogP contribution in [0.15, 0.2) is 30.6 Å². The number of carbonyl (C=O) groups is 2. The average molecular weight is 289 g/mol. The first kappa shape index (κ1) is 15.0. The molecule has 0 fully saturated rings. The monoisotopic (exact) mass is 289 g/mol. The van der Waals surface area contributed by atoms with Crippen LogP contribution in [-0.2, 0) is 9.59 Å². The third-order valence-corrected chi connectivity index (χ3v) is 3.95. The molecule has 1 amide bonds. The Bertz CT molecular complexity index is 690. The summed E-state index contributed by atoms with van der Waals surface area (Å²) in [6.45, 7) is 4.75. The van der Waals surface area contributed by atoms with E-state index in [-0.39, 0.29) is 5.91 Å². The smallest absolute Gasteiger partial charge is 0.329 e. The molecule has 21 heavy (non-hydrogen) atoms. The van der Waals surface area contributed by atoms with E-state index in [9.17, 15) is 14.7 Å². The van der Waals surface area contributed by atoms with Gasteiger partial charge in [-0.15, -0.1) is 0 Å². The van der Waals surface area contributed by atoms with Crippen LogP contribution in [0, 0.1) is 0 Å². The van der Waals surface area contributed by atoms with Gasteiger partial charge in [0.2, 0.25) is 5.91 Å². The summed E-state index contributed by atoms with van der Waals surface area (Å²) in [5.74, 6) is -1.31. The fourth-order valence-electron chi connectivity index (χ4n) is 2.11. The molecule has 112 valence electrons. The van der Waals surface area contributed by atoms with E-state index >= 15 is 0 Å². The molecule has 0 radical (unpaired) electrons. The van der Waals surface area contributed by atoms with E-state index in [4.69, 9.17) is 0 Å². The first-order valence-electron chi connectivity index (χ1n) is 6.69. The zero-order chi connectivity index (χ0) is 15.8. The summed E-state index contributed by atoms with van der Waals surface area (Å²) in [4.78, 5) is 29.3. The van der Waals surface area contributed by atoms with E-state index < -0.39 is 17.6 Å². The van der Waals surface area contributed by atoms with Crippen molar-refractivity contribution >= 4 is 22.9 Å². The molecule has 0 spiro atoms. The first-order valence-corrected chi connectivity index (χ1v) is 6.69. The fraction of sp³-hybridized carbons (Fsp3) is 0.400. The fourth-order valence-corrected chi connectivity index (χ4v) is 2.11. The number of hydrogen-bond donors (Lipinski definition) is 1. The Labute approximate surface area is 123 Å². The van der Waals surface area contributed by atoms with E-state index in [1.165, 1.54) is 25.8 Å². The van der Waals surface area contributed by atoms with E-state index in [1.54, 1.807) is 17.8 Å². The normalized spacial score (nSPS) is 13.1. The number of fused-ring (bicyclic) bond motifs is 1. The van der Waals surface area contributed by atoms with Gasteiger partial charge in [-0.25, -0.2) is 9.78 Å². The first-order chi connectivity index (χ1) is 9.76. The van der Waals surface area contributed by atoms with Crippen LogP contribution in [0.3, 0.4) is 0 Å². The van der Waals surface area contributed by atoms with Crippen molar-refractivity contribution in [2.45, 2.75) is 32.4 Å². The molecule has 0 aliphatic heterocycles. The van der Waals surface area contributed by atoms with Crippen LogP contribution in [0.5, 0.6) is 0 Å². The van der Waals surface area contributed by atoms with E-state index in [1.807, 2.05) is 24.3 Å². The largest absolute Gasteiger partial charge is 0.480 e. The molecule has 6 heteroatoms. The van der Waals surface area contributed by atoms with Crippen molar-refractivity contribution in [2.24, 2.45) is 0 Å². The molecule has 0 aliphatic rings. The minimum Gasteiger partial charge on any atom is -0.480 e. The van der Waals surface area contributed by atoms with Crippen molar-refractivity contribution in [2.75, 3.05) is 7.05 Å². The van der Waals surface area contributed by atoms with Gasteiger partial charge in [0, 0.05) is 7.05 Å². The Morgan fingerprint density at radius 3 is 2.57 bits per heavy atom. The summed E-state index contributed by atoms with van der Waals surface area (Å²) in [7, 11) is 1.51. The van der Waals surface area contributed by atoms with Crippen molar-refractivity contribution in [3.05, 3.63) is 30.6 Å². The number of imidazole rings is 1. The van der Waals surface area contributed by atoms with Crippen molar-refractivity contribution in [1.29, 1.82) is 0 Å². The van der Waals surface area contributed by atoms with Crippen molar-refractivity contribution in [3.8, 4) is 0 Å². The van der Waals surface area contributed by atoms with Crippen LogP contribution in [0.2, 0.25) is 0 Å². The molecule has 6 nitrogen and oxygen atoms in total. The number of rotatable bonds is 4. The van der Waals surface area contributed by atoms with Gasteiger partial charge in [0.15, 0.2) is 0 Å². The van der Waals surface area contributed by atoms with Gasteiger partial charge in [-0.2, -0.15) is 0 Å². The predicted octanol–water partition coefficient (Wildman–Crippen LogP) is 1.92. The number of nitrogens with zero attached hydrogens (tertiary/aromatic N) is 3. The Morgan fingerprint density at radius 2 is 1.95 bits per heavy atom. The predicted molar refractivity (Wildman–Crippen MR) is 78.9 cm³/mol. The number of aliphatic carboxylic acids is 1. The van der Waals surface area contributed by atoms with Gasteiger partial charge in [0.25, 0.3) is 0 Å². The van der Waals surface area contributed by atoms with Gasteiger partial charge in [-0.05, 0) is 32.9 Å². The lowest BCUT2D eigenvalue weighted by Gasteiger charge is -2.33. The second kappa shape index (κ2) is 5.20. The highest BCUT2D eigenvalue weighted by Crippen LogP contribution is 2.22. The SMILES string of the molecule is CC(C(=O)N(C)C(C)(C)C(=O)O)n1cnc2ccccc21. The highest BCUT2D eigenvalue weighted by molar-refractivity contribution is 5.89. The minimum absolute atomic E-state index is 0.273. The quantitative estimate of drug-likeness (QED) is 0.933. The Balaban J connectivity index is 2.33. The number of benzene rings is 1. The summed E-state index contributed by atoms with van der Waals surface area (Å²) in [6, 6.07) is 6.98. The van der Waals surface area contributed by atoms with Gasteiger partial charge in [0.05, 0.1) is 17.4 Å². The zero-order valence-corrected chi connectivity index (χ0v) is 12.6. The van der Waals surface area contributed by atoms with Gasteiger partial charge in [0.1, 0.15) is 11.6 Å². The lowest BCUT2D eigenvalue weighted by atomic mass is 10.0. The van der Waals surface area contributed by atoms with Gasteiger partial charge in [-0.3, -0.25) is 4.79 Å². The number of carboxylic acids is 1. The molecule has 2 aromatic rings. The Hall–Kier alpha value is -2.37. The molecular formula is C15H19N3O3. The standard InChI is InChI=1S/C15H19N3O3/c1-10(13(19)17(4)15(2,3)14(20)21)18-9-16-11-7-5-6-8-12(11)18/h5-10H,1-4H3,(H,20,21). The summed E-state index contributed by atoms with van der Waals surface area (Å²) >= 11 is 0. The number of aromatic nitrogens is 2. The lowest BCUT2D eigenvalue weighted by Crippen LogP contribution is -2.52. The van der Waals surface area contributed by atoms with Gasteiger partial charge < -0.3 is 14.6 Å². The van der Waals surface area contributed by atoms with Crippen LogP contribution in [0.1, 0.15) is 26.8 Å². The van der Waals surface area contributed by atoms with Gasteiger partial charge in [-0.1, -0.05) is 12.1 Å². The number of amides is 1. The molecular weight excluding hydrogens is 270 g/mol. The maximum Gasteiger partial charge on any atom is 0.329 e. The average Bonchev–Trinajstić information content (AvgIpc) is 2.88. The third kappa shape index (κ3) is 2.49. The molecule has 0 saturated heterocycles. The van der Waals surface area contributed by atoms with Crippen LogP contribution >= 0.6 is 0 Å². The molecule has 0 bridgehead atoms. The Morgan fingerprint density at radius 1 is 1.33 bits per heavy atom. The summed E-state index contributed by atoms with van der Waals surface area (Å²) in [6.07, 6.45) is 1.61. The van der Waals surface area contributed by atoms with E-state index in [2.05, 4.69) is 4.98 Å². The van der Waals surface area contributed by atoms with Crippen LogP contribution < -0.4 is 0 Å². The second-order valence-corrected chi connectivity index (χ2v) is 5.58. The number of para-hydroxylation sites is 2. The molecule has 1 aromatic carbocycles. The number of carbonyl (C=O) groups excluding carboxylic acids is 1. The van der Waals surface area contributed by atoms with Gasteiger partial charge >= 0.3 is 5.97 Å². The highest BCUT2D eigenvalue weighted by atomic mass is 16.4.